The smallest absolute Gasteiger partial charge is 0.243 e. The van der Waals surface area contributed by atoms with Gasteiger partial charge in [-0.3, -0.25) is 0 Å². The topological polar surface area (TPSA) is 72.6 Å². The minimum absolute atomic E-state index is 0.0586. The Bertz CT molecular complexity index is 592. The molecule has 0 aliphatic carbocycles. The third-order valence-corrected chi connectivity index (χ3v) is 5.37. The van der Waals surface area contributed by atoms with Gasteiger partial charge in [-0.15, -0.1) is 0 Å². The van der Waals surface area contributed by atoms with E-state index in [0.717, 1.165) is 25.3 Å². The zero-order valence-corrected chi connectivity index (χ0v) is 12.9. The molecular weight excluding hydrogens is 295 g/mol. The molecule has 0 aromatic heterocycles. The first-order valence-electron chi connectivity index (χ1n) is 7.12. The van der Waals surface area contributed by atoms with E-state index < -0.39 is 15.8 Å². The summed E-state index contributed by atoms with van der Waals surface area (Å²) < 4.78 is 45.6. The highest BCUT2D eigenvalue weighted by atomic mass is 32.2. The predicted molar refractivity (Wildman–Crippen MR) is 78.8 cm³/mol. The van der Waals surface area contributed by atoms with Crippen LogP contribution in [-0.2, 0) is 14.8 Å². The Balaban J connectivity index is 2.16. The largest absolute Gasteiger partial charge is 0.396 e. The third kappa shape index (κ3) is 3.72. The van der Waals surface area contributed by atoms with E-state index in [2.05, 4.69) is 0 Å². The van der Waals surface area contributed by atoms with Crippen LogP contribution in [0.5, 0.6) is 0 Å². The molecule has 1 heterocycles. The molecule has 0 bridgehead atoms. The Hall–Kier alpha value is -1.18. The van der Waals surface area contributed by atoms with Crippen molar-refractivity contribution >= 4 is 15.7 Å². The lowest BCUT2D eigenvalue weighted by Gasteiger charge is -2.31. The average Bonchev–Trinajstić information content (AvgIpc) is 2.48. The van der Waals surface area contributed by atoms with Gasteiger partial charge in [0.05, 0.1) is 16.7 Å². The minimum atomic E-state index is -3.70. The minimum Gasteiger partial charge on any atom is -0.396 e. The molecule has 1 unspecified atom stereocenters. The first-order valence-corrected chi connectivity index (χ1v) is 8.56. The third-order valence-electron chi connectivity index (χ3n) is 3.51. The van der Waals surface area contributed by atoms with E-state index in [1.807, 2.05) is 6.92 Å². The van der Waals surface area contributed by atoms with Crippen molar-refractivity contribution in [3.63, 3.8) is 0 Å². The molecule has 0 radical (unpaired) electrons. The lowest BCUT2D eigenvalue weighted by Crippen LogP contribution is -2.43. The van der Waals surface area contributed by atoms with Gasteiger partial charge in [0.15, 0.2) is 0 Å². The molecule has 0 amide bonds. The van der Waals surface area contributed by atoms with Crippen LogP contribution in [0, 0.1) is 5.82 Å². The monoisotopic (exact) mass is 316 g/mol. The Morgan fingerprint density at radius 2 is 2.24 bits per heavy atom. The number of nitrogens with two attached hydrogens (primary N) is 1. The van der Waals surface area contributed by atoms with Gasteiger partial charge in [0.25, 0.3) is 0 Å². The number of hydrogen-bond acceptors (Lipinski definition) is 4. The lowest BCUT2D eigenvalue weighted by molar-refractivity contribution is 0.0193. The summed E-state index contributed by atoms with van der Waals surface area (Å²) in [4.78, 5) is -0.0645. The zero-order chi connectivity index (χ0) is 15.5. The molecule has 21 heavy (non-hydrogen) atoms. The number of piperidine rings is 1. The normalized spacial score (nSPS) is 20.6. The van der Waals surface area contributed by atoms with Crippen LogP contribution in [0.4, 0.5) is 10.1 Å². The van der Waals surface area contributed by atoms with Crippen LogP contribution in [0.2, 0.25) is 0 Å². The molecule has 1 saturated heterocycles. The molecule has 118 valence electrons. The fourth-order valence-electron chi connectivity index (χ4n) is 2.36. The number of sulfonamides is 1. The molecule has 1 aromatic rings. The van der Waals surface area contributed by atoms with E-state index in [9.17, 15) is 12.8 Å². The maximum absolute atomic E-state index is 13.5. The standard InChI is InChI=1S/C14H21FN2O3S/c1-2-8-20-11-4-3-7-17(10-11)21(18,19)12-5-6-14(16)13(15)9-12/h5-6,9,11H,2-4,7-8,10,16H2,1H3. The van der Waals surface area contributed by atoms with Gasteiger partial charge in [0, 0.05) is 19.7 Å². The summed E-state index contributed by atoms with van der Waals surface area (Å²) in [5.74, 6) is -0.716. The van der Waals surface area contributed by atoms with Crippen LogP contribution < -0.4 is 5.73 Å². The number of ether oxygens (including phenoxy) is 1. The van der Waals surface area contributed by atoms with Gasteiger partial charge in [-0.05, 0) is 37.5 Å². The van der Waals surface area contributed by atoms with Gasteiger partial charge >= 0.3 is 0 Å². The molecule has 1 aromatic carbocycles. The molecule has 1 atom stereocenters. The molecule has 0 saturated carbocycles. The van der Waals surface area contributed by atoms with Crippen molar-refractivity contribution in [3.8, 4) is 0 Å². The molecule has 0 spiro atoms. The number of nitrogen functional groups attached to an aromatic ring is 1. The van der Waals surface area contributed by atoms with E-state index in [-0.39, 0.29) is 16.7 Å². The quantitative estimate of drug-likeness (QED) is 0.843. The lowest BCUT2D eigenvalue weighted by atomic mass is 10.1. The molecule has 1 fully saturated rings. The van der Waals surface area contributed by atoms with Crippen LogP contribution in [0.25, 0.3) is 0 Å². The summed E-state index contributed by atoms with van der Waals surface area (Å²) in [6.07, 6.45) is 2.40. The van der Waals surface area contributed by atoms with E-state index in [0.29, 0.717) is 19.7 Å². The number of nitrogens with zero attached hydrogens (tertiary/aromatic N) is 1. The number of hydrogen-bond donors (Lipinski definition) is 1. The van der Waals surface area contributed by atoms with Crippen molar-refractivity contribution in [2.75, 3.05) is 25.4 Å². The van der Waals surface area contributed by atoms with Gasteiger partial charge in [0.2, 0.25) is 10.0 Å². The maximum Gasteiger partial charge on any atom is 0.243 e. The fraction of sp³-hybridized carbons (Fsp3) is 0.571. The van der Waals surface area contributed by atoms with Gasteiger partial charge in [-0.2, -0.15) is 4.31 Å². The highest BCUT2D eigenvalue weighted by Crippen LogP contribution is 2.24. The van der Waals surface area contributed by atoms with Crippen LogP contribution in [0.3, 0.4) is 0 Å². The predicted octanol–water partition coefficient (Wildman–Crippen LogP) is 1.99. The Kier molecular flexibility index (Phi) is 5.18. The second kappa shape index (κ2) is 6.72. The van der Waals surface area contributed by atoms with Gasteiger partial charge in [0.1, 0.15) is 5.82 Å². The van der Waals surface area contributed by atoms with Crippen molar-refractivity contribution < 1.29 is 17.5 Å². The fourth-order valence-corrected chi connectivity index (χ4v) is 3.88. The summed E-state index contributed by atoms with van der Waals surface area (Å²) in [6, 6.07) is 3.59. The number of halogens is 1. The Morgan fingerprint density at radius 1 is 1.48 bits per heavy atom. The second-order valence-electron chi connectivity index (χ2n) is 5.18. The highest BCUT2D eigenvalue weighted by Gasteiger charge is 2.30. The summed E-state index contributed by atoms with van der Waals surface area (Å²) in [5, 5.41) is 0. The SMILES string of the molecule is CCCOC1CCCN(S(=O)(=O)c2ccc(N)c(F)c2)C1. The molecule has 2 rings (SSSR count). The average molecular weight is 316 g/mol. The molecule has 2 N–H and O–H groups in total. The van der Waals surface area contributed by atoms with E-state index in [4.69, 9.17) is 10.5 Å². The van der Waals surface area contributed by atoms with Crippen LogP contribution in [0.1, 0.15) is 26.2 Å². The van der Waals surface area contributed by atoms with Crippen molar-refractivity contribution in [2.45, 2.75) is 37.2 Å². The number of benzene rings is 1. The molecule has 5 nitrogen and oxygen atoms in total. The molecular formula is C14H21FN2O3S. The first-order chi connectivity index (χ1) is 9.95. The first kappa shape index (κ1) is 16.2. The van der Waals surface area contributed by atoms with Gasteiger partial charge in [-0.25, -0.2) is 12.8 Å². The van der Waals surface area contributed by atoms with Crippen LogP contribution in [-0.4, -0.2) is 38.5 Å². The maximum atomic E-state index is 13.5. The molecule has 1 aliphatic heterocycles. The molecule has 1 aliphatic rings. The number of rotatable bonds is 5. The summed E-state index contributed by atoms with van der Waals surface area (Å²) in [5.41, 5.74) is 5.33. The highest BCUT2D eigenvalue weighted by molar-refractivity contribution is 7.89. The zero-order valence-electron chi connectivity index (χ0n) is 12.1. The van der Waals surface area contributed by atoms with Crippen molar-refractivity contribution in [2.24, 2.45) is 0 Å². The summed E-state index contributed by atoms with van der Waals surface area (Å²) in [7, 11) is -3.70. The van der Waals surface area contributed by atoms with Crippen LogP contribution in [0.15, 0.2) is 23.1 Å². The summed E-state index contributed by atoms with van der Waals surface area (Å²) >= 11 is 0. The van der Waals surface area contributed by atoms with E-state index in [1.54, 1.807) is 0 Å². The Morgan fingerprint density at radius 3 is 2.90 bits per heavy atom. The van der Waals surface area contributed by atoms with Gasteiger partial charge in [-0.1, -0.05) is 6.92 Å². The summed E-state index contributed by atoms with van der Waals surface area (Å²) in [6.45, 7) is 3.37. The van der Waals surface area contributed by atoms with Crippen molar-refractivity contribution in [1.82, 2.24) is 4.31 Å². The van der Waals surface area contributed by atoms with E-state index >= 15 is 0 Å². The van der Waals surface area contributed by atoms with E-state index in [1.165, 1.54) is 16.4 Å². The second-order valence-corrected chi connectivity index (χ2v) is 7.12. The van der Waals surface area contributed by atoms with Crippen molar-refractivity contribution in [3.05, 3.63) is 24.0 Å². The van der Waals surface area contributed by atoms with Gasteiger partial charge < -0.3 is 10.5 Å². The number of anilines is 1. The van der Waals surface area contributed by atoms with Crippen molar-refractivity contribution in [1.29, 1.82) is 0 Å². The Labute approximate surface area is 124 Å². The van der Waals surface area contributed by atoms with Crippen LogP contribution >= 0.6 is 0 Å². The molecule has 7 heteroatoms.